The summed E-state index contributed by atoms with van der Waals surface area (Å²) in [5.74, 6) is 0.185. The van der Waals surface area contributed by atoms with Crippen molar-refractivity contribution < 1.29 is 8.42 Å². The number of sulfonamides is 1. The van der Waals surface area contributed by atoms with E-state index in [4.69, 9.17) is 18.0 Å². The summed E-state index contributed by atoms with van der Waals surface area (Å²) in [4.78, 5) is 2.59. The predicted molar refractivity (Wildman–Crippen MR) is 82.6 cm³/mol. The number of nitrogens with zero attached hydrogens (tertiary/aromatic N) is 2. The average Bonchev–Trinajstić information content (AvgIpc) is 2.25. The topological polar surface area (TPSA) is 66.6 Å². The Hall–Kier alpha value is -0.240. The largest absolute Gasteiger partial charge is 0.392 e. The van der Waals surface area contributed by atoms with Gasteiger partial charge in [0, 0.05) is 26.2 Å². The molecule has 1 fully saturated rings. The minimum atomic E-state index is -3.17. The molecule has 1 unspecified atom stereocenters. The number of thiocarbonyl (C=S) groups is 1. The molecule has 19 heavy (non-hydrogen) atoms. The Morgan fingerprint density at radius 3 is 2.11 bits per heavy atom. The quantitative estimate of drug-likeness (QED) is 0.773. The zero-order chi connectivity index (χ0) is 14.8. The van der Waals surface area contributed by atoms with Gasteiger partial charge in [-0.1, -0.05) is 33.0 Å². The molecular weight excluding hydrogens is 282 g/mol. The summed E-state index contributed by atoms with van der Waals surface area (Å²) in [7, 11) is -3.17. The Morgan fingerprint density at radius 1 is 1.26 bits per heavy atom. The molecule has 0 spiro atoms. The Labute approximate surface area is 122 Å². The molecule has 1 aliphatic heterocycles. The lowest BCUT2D eigenvalue weighted by molar-refractivity contribution is 0.174. The minimum absolute atomic E-state index is 0.0301. The van der Waals surface area contributed by atoms with Gasteiger partial charge in [-0.15, -0.1) is 0 Å². The summed E-state index contributed by atoms with van der Waals surface area (Å²) in [6.45, 7) is 10.2. The molecule has 2 N–H and O–H groups in total. The molecule has 0 bridgehead atoms. The first kappa shape index (κ1) is 16.8. The zero-order valence-corrected chi connectivity index (χ0v) is 13.9. The van der Waals surface area contributed by atoms with Crippen LogP contribution in [0.15, 0.2) is 0 Å². The van der Waals surface area contributed by atoms with Crippen molar-refractivity contribution >= 4 is 27.2 Å². The van der Waals surface area contributed by atoms with Gasteiger partial charge in [-0.25, -0.2) is 8.42 Å². The molecule has 5 nitrogen and oxygen atoms in total. The molecule has 1 rings (SSSR count). The molecule has 0 aromatic rings. The van der Waals surface area contributed by atoms with E-state index in [-0.39, 0.29) is 17.2 Å². The van der Waals surface area contributed by atoms with Crippen molar-refractivity contribution in [1.29, 1.82) is 0 Å². The molecule has 1 atom stereocenters. The van der Waals surface area contributed by atoms with Crippen LogP contribution in [0.5, 0.6) is 0 Å². The molecule has 7 heteroatoms. The first-order chi connectivity index (χ1) is 8.53. The minimum Gasteiger partial charge on any atom is -0.392 e. The third-order valence-electron chi connectivity index (χ3n) is 3.24. The summed E-state index contributed by atoms with van der Waals surface area (Å²) in [6.07, 6.45) is 0. The van der Waals surface area contributed by atoms with E-state index in [2.05, 4.69) is 4.90 Å². The molecule has 1 aliphatic rings. The average molecular weight is 307 g/mol. The molecule has 0 saturated carbocycles. The van der Waals surface area contributed by atoms with Gasteiger partial charge in [-0.2, -0.15) is 4.31 Å². The van der Waals surface area contributed by atoms with Gasteiger partial charge >= 0.3 is 0 Å². The lowest BCUT2D eigenvalue weighted by Gasteiger charge is -2.37. The Kier molecular flexibility index (Phi) is 5.34. The van der Waals surface area contributed by atoms with Gasteiger partial charge in [0.05, 0.1) is 16.8 Å². The molecular formula is C12H25N3O2S2. The van der Waals surface area contributed by atoms with Gasteiger partial charge in [0.2, 0.25) is 10.0 Å². The van der Waals surface area contributed by atoms with E-state index in [0.29, 0.717) is 31.2 Å². The first-order valence-corrected chi connectivity index (χ1v) is 8.56. The highest BCUT2D eigenvalue weighted by atomic mass is 32.2. The number of piperazine rings is 1. The maximum absolute atomic E-state index is 12.3. The smallest absolute Gasteiger partial charge is 0.214 e. The SMILES string of the molecule is CC(C(N)=S)N1CCN(S(=O)(=O)CC(C)(C)C)CC1. The van der Waals surface area contributed by atoms with Crippen molar-refractivity contribution in [1.82, 2.24) is 9.21 Å². The predicted octanol–water partition coefficient (Wildman–Crippen LogP) is 0.655. The third-order valence-corrected chi connectivity index (χ3v) is 5.97. The molecule has 0 radical (unpaired) electrons. The van der Waals surface area contributed by atoms with Gasteiger partial charge in [0.1, 0.15) is 0 Å². The van der Waals surface area contributed by atoms with Gasteiger partial charge in [-0.05, 0) is 12.3 Å². The summed E-state index contributed by atoms with van der Waals surface area (Å²) in [5.41, 5.74) is 5.41. The monoisotopic (exact) mass is 307 g/mol. The third kappa shape index (κ3) is 4.98. The highest BCUT2D eigenvalue weighted by Gasteiger charge is 2.32. The van der Waals surface area contributed by atoms with Crippen LogP contribution in [0.1, 0.15) is 27.7 Å². The van der Waals surface area contributed by atoms with Crippen LogP contribution in [0.4, 0.5) is 0 Å². The van der Waals surface area contributed by atoms with E-state index in [9.17, 15) is 8.42 Å². The maximum Gasteiger partial charge on any atom is 0.214 e. The van der Waals surface area contributed by atoms with E-state index in [1.54, 1.807) is 4.31 Å². The Morgan fingerprint density at radius 2 is 1.74 bits per heavy atom. The standard InChI is InChI=1S/C12H25N3O2S2/c1-10(11(13)18)14-5-7-15(8-6-14)19(16,17)9-12(2,3)4/h10H,5-9H2,1-4H3,(H2,13,18). The summed E-state index contributed by atoms with van der Waals surface area (Å²) < 4.78 is 26.1. The van der Waals surface area contributed by atoms with E-state index in [1.165, 1.54) is 0 Å². The normalized spacial score (nSPS) is 21.3. The fourth-order valence-electron chi connectivity index (χ4n) is 2.19. The van der Waals surface area contributed by atoms with E-state index < -0.39 is 10.0 Å². The molecule has 0 amide bonds. The van der Waals surface area contributed by atoms with Crippen LogP contribution in [-0.4, -0.2) is 60.6 Å². The summed E-state index contributed by atoms with van der Waals surface area (Å²) >= 11 is 4.98. The van der Waals surface area contributed by atoms with Crippen molar-refractivity contribution in [3.8, 4) is 0 Å². The van der Waals surface area contributed by atoms with Crippen molar-refractivity contribution in [2.75, 3.05) is 31.9 Å². The van der Waals surface area contributed by atoms with Crippen LogP contribution >= 0.6 is 12.2 Å². The van der Waals surface area contributed by atoms with Crippen molar-refractivity contribution in [3.63, 3.8) is 0 Å². The second-order valence-corrected chi connectivity index (χ2v) is 8.77. The number of rotatable bonds is 4. The fourth-order valence-corrected chi connectivity index (χ4v) is 4.33. The van der Waals surface area contributed by atoms with Gasteiger partial charge in [-0.3, -0.25) is 4.90 Å². The van der Waals surface area contributed by atoms with Crippen LogP contribution < -0.4 is 5.73 Å². The van der Waals surface area contributed by atoms with Gasteiger partial charge < -0.3 is 5.73 Å². The van der Waals surface area contributed by atoms with Crippen molar-refractivity contribution in [2.24, 2.45) is 11.1 Å². The highest BCUT2D eigenvalue weighted by Crippen LogP contribution is 2.20. The molecule has 1 heterocycles. The number of hydrogen-bond acceptors (Lipinski definition) is 4. The van der Waals surface area contributed by atoms with Crippen LogP contribution in [0.2, 0.25) is 0 Å². The fraction of sp³-hybridized carbons (Fsp3) is 0.917. The van der Waals surface area contributed by atoms with Gasteiger partial charge in [0.25, 0.3) is 0 Å². The second kappa shape index (κ2) is 6.03. The Bertz CT molecular complexity index is 421. The van der Waals surface area contributed by atoms with Crippen LogP contribution in [-0.2, 0) is 10.0 Å². The van der Waals surface area contributed by atoms with Crippen LogP contribution in [0.3, 0.4) is 0 Å². The van der Waals surface area contributed by atoms with Crippen LogP contribution in [0.25, 0.3) is 0 Å². The zero-order valence-electron chi connectivity index (χ0n) is 12.2. The maximum atomic E-state index is 12.3. The molecule has 0 aliphatic carbocycles. The molecule has 1 saturated heterocycles. The summed E-state index contributed by atoms with van der Waals surface area (Å²) in [6, 6.07) is 0.0301. The lowest BCUT2D eigenvalue weighted by Crippen LogP contribution is -2.54. The number of nitrogens with two attached hydrogens (primary N) is 1. The van der Waals surface area contributed by atoms with Gasteiger partial charge in [0.15, 0.2) is 0 Å². The van der Waals surface area contributed by atoms with Crippen molar-refractivity contribution in [2.45, 2.75) is 33.7 Å². The summed E-state index contributed by atoms with van der Waals surface area (Å²) in [5, 5.41) is 0. The van der Waals surface area contributed by atoms with Crippen molar-refractivity contribution in [3.05, 3.63) is 0 Å². The Balaban J connectivity index is 2.61. The lowest BCUT2D eigenvalue weighted by atomic mass is 10.0. The van der Waals surface area contributed by atoms with E-state index in [0.717, 1.165) is 0 Å². The first-order valence-electron chi connectivity index (χ1n) is 6.54. The second-order valence-electron chi connectivity index (χ2n) is 6.33. The molecule has 0 aromatic carbocycles. The van der Waals surface area contributed by atoms with E-state index >= 15 is 0 Å². The molecule has 0 aromatic heterocycles. The van der Waals surface area contributed by atoms with Crippen LogP contribution in [0, 0.1) is 5.41 Å². The highest BCUT2D eigenvalue weighted by molar-refractivity contribution is 7.89. The van der Waals surface area contributed by atoms with E-state index in [1.807, 2.05) is 27.7 Å². The molecule has 112 valence electrons. The number of hydrogen-bond donors (Lipinski definition) is 1.